The first-order valence-corrected chi connectivity index (χ1v) is 7.00. The Hall–Kier alpha value is -2.36. The number of benzene rings is 1. The van der Waals surface area contributed by atoms with E-state index in [-0.39, 0.29) is 5.91 Å². The molecule has 0 fully saturated rings. The molecule has 0 aliphatic rings. The third-order valence-electron chi connectivity index (χ3n) is 3.46. The molecule has 4 heteroatoms. The van der Waals surface area contributed by atoms with Crippen molar-refractivity contribution in [3.05, 3.63) is 53.9 Å². The van der Waals surface area contributed by atoms with Gasteiger partial charge < -0.3 is 10.2 Å². The van der Waals surface area contributed by atoms with E-state index in [0.29, 0.717) is 6.54 Å². The van der Waals surface area contributed by atoms with Gasteiger partial charge in [-0.1, -0.05) is 18.2 Å². The summed E-state index contributed by atoms with van der Waals surface area (Å²) < 4.78 is 1.87. The predicted molar refractivity (Wildman–Crippen MR) is 85.5 cm³/mol. The second-order valence-electron chi connectivity index (χ2n) is 5.44. The number of hydrogen-bond donors (Lipinski definition) is 1. The summed E-state index contributed by atoms with van der Waals surface area (Å²) in [4.78, 5) is 14.2. The van der Waals surface area contributed by atoms with Crippen molar-refractivity contribution in [3.8, 4) is 0 Å². The number of nitrogens with zero attached hydrogens (tertiary/aromatic N) is 2. The van der Waals surface area contributed by atoms with Crippen LogP contribution in [0.5, 0.6) is 0 Å². The second-order valence-corrected chi connectivity index (χ2v) is 5.44. The fraction of sp³-hybridized carbons (Fsp3) is 0.294. The molecular formula is C17H22N3O+. The van der Waals surface area contributed by atoms with Gasteiger partial charge in [-0.2, -0.15) is 4.57 Å². The lowest BCUT2D eigenvalue weighted by Gasteiger charge is -2.11. The molecule has 0 aliphatic heterocycles. The molecule has 1 N–H and O–H groups in total. The molecule has 1 aromatic carbocycles. The molecular weight excluding hydrogens is 262 g/mol. The van der Waals surface area contributed by atoms with Gasteiger partial charge in [-0.25, -0.2) is 0 Å². The highest BCUT2D eigenvalue weighted by Crippen LogP contribution is 2.19. The van der Waals surface area contributed by atoms with Crippen molar-refractivity contribution in [1.82, 2.24) is 0 Å². The molecule has 4 nitrogen and oxygen atoms in total. The standard InChI is InChI=1S/C17H21N3O/c1-13-6-5-7-14(2)17(13)18-16(21)12-20-10-8-15(9-11-20)19(3)4/h5-11H,12H2,1-4H3/p+1. The van der Waals surface area contributed by atoms with Gasteiger partial charge in [0.2, 0.25) is 6.54 Å². The largest absolute Gasteiger partial charge is 0.377 e. The molecule has 0 spiro atoms. The zero-order valence-corrected chi connectivity index (χ0v) is 13.1. The van der Waals surface area contributed by atoms with Crippen molar-refractivity contribution in [2.45, 2.75) is 20.4 Å². The topological polar surface area (TPSA) is 36.2 Å². The van der Waals surface area contributed by atoms with E-state index in [1.807, 2.05) is 80.1 Å². The van der Waals surface area contributed by atoms with Gasteiger partial charge >= 0.3 is 0 Å². The van der Waals surface area contributed by atoms with Crippen LogP contribution >= 0.6 is 0 Å². The van der Waals surface area contributed by atoms with Crippen LogP contribution in [0.1, 0.15) is 11.1 Å². The molecule has 0 radical (unpaired) electrons. The van der Waals surface area contributed by atoms with Crippen molar-refractivity contribution in [3.63, 3.8) is 0 Å². The zero-order valence-electron chi connectivity index (χ0n) is 13.1. The molecule has 2 rings (SSSR count). The fourth-order valence-electron chi connectivity index (χ4n) is 2.21. The highest BCUT2D eigenvalue weighted by molar-refractivity contribution is 5.91. The highest BCUT2D eigenvalue weighted by Gasteiger charge is 2.12. The van der Waals surface area contributed by atoms with Gasteiger partial charge in [-0.05, 0) is 25.0 Å². The van der Waals surface area contributed by atoms with Crippen molar-refractivity contribution in [2.24, 2.45) is 0 Å². The molecule has 21 heavy (non-hydrogen) atoms. The number of pyridine rings is 1. The number of nitrogens with one attached hydrogen (secondary N) is 1. The van der Waals surface area contributed by atoms with Crippen molar-refractivity contribution in [1.29, 1.82) is 0 Å². The average Bonchev–Trinajstić information content (AvgIpc) is 2.43. The lowest BCUT2D eigenvalue weighted by molar-refractivity contribution is -0.684. The van der Waals surface area contributed by atoms with Crippen LogP contribution < -0.4 is 14.8 Å². The molecule has 0 unspecified atom stereocenters. The molecule has 0 bridgehead atoms. The predicted octanol–water partition coefficient (Wildman–Crippen LogP) is 2.30. The molecule has 0 saturated carbocycles. The van der Waals surface area contributed by atoms with Crippen LogP contribution in [0.15, 0.2) is 42.7 Å². The summed E-state index contributed by atoms with van der Waals surface area (Å²) in [6.07, 6.45) is 3.83. The smallest absolute Gasteiger partial charge is 0.290 e. The Bertz CT molecular complexity index is 613. The number of hydrogen-bond acceptors (Lipinski definition) is 2. The van der Waals surface area contributed by atoms with E-state index < -0.39 is 0 Å². The van der Waals surface area contributed by atoms with Crippen LogP contribution in [0.25, 0.3) is 0 Å². The highest BCUT2D eigenvalue weighted by atomic mass is 16.1. The van der Waals surface area contributed by atoms with Crippen LogP contribution in [0.2, 0.25) is 0 Å². The monoisotopic (exact) mass is 284 g/mol. The summed E-state index contributed by atoms with van der Waals surface area (Å²) in [5.74, 6) is -0.0185. The summed E-state index contributed by atoms with van der Waals surface area (Å²) >= 11 is 0. The maximum absolute atomic E-state index is 12.2. The van der Waals surface area contributed by atoms with Gasteiger partial charge in [0.15, 0.2) is 12.4 Å². The molecule has 110 valence electrons. The van der Waals surface area contributed by atoms with Crippen LogP contribution in [0.3, 0.4) is 0 Å². The number of aryl methyl sites for hydroxylation is 2. The van der Waals surface area contributed by atoms with Gasteiger partial charge in [0.05, 0.1) is 0 Å². The second kappa shape index (κ2) is 6.39. The molecule has 2 aromatic rings. The first-order valence-electron chi connectivity index (χ1n) is 7.00. The number of rotatable bonds is 4. The van der Waals surface area contributed by atoms with Crippen LogP contribution in [0, 0.1) is 13.8 Å². The van der Waals surface area contributed by atoms with E-state index in [1.165, 1.54) is 0 Å². The minimum absolute atomic E-state index is 0.0185. The van der Waals surface area contributed by atoms with Gasteiger partial charge in [-0.15, -0.1) is 0 Å². The summed E-state index contributed by atoms with van der Waals surface area (Å²) in [7, 11) is 3.99. The molecule has 0 atom stereocenters. The Morgan fingerprint density at radius 2 is 1.67 bits per heavy atom. The molecule has 1 heterocycles. The third-order valence-corrected chi connectivity index (χ3v) is 3.46. The Morgan fingerprint density at radius 3 is 2.19 bits per heavy atom. The Balaban J connectivity index is 2.05. The lowest BCUT2D eigenvalue weighted by atomic mass is 10.1. The third kappa shape index (κ3) is 3.81. The molecule has 0 aliphatic carbocycles. The van der Waals surface area contributed by atoms with E-state index in [9.17, 15) is 4.79 Å². The van der Waals surface area contributed by atoms with Crippen molar-refractivity contribution in [2.75, 3.05) is 24.3 Å². The first-order chi connectivity index (χ1) is 9.97. The van der Waals surface area contributed by atoms with E-state index in [2.05, 4.69) is 5.32 Å². The fourth-order valence-corrected chi connectivity index (χ4v) is 2.21. The molecule has 1 amide bonds. The van der Waals surface area contributed by atoms with Gasteiger partial charge in [0.25, 0.3) is 5.91 Å². The van der Waals surface area contributed by atoms with Gasteiger partial charge in [0.1, 0.15) is 0 Å². The van der Waals surface area contributed by atoms with E-state index in [1.54, 1.807) is 0 Å². The van der Waals surface area contributed by atoms with Crippen LogP contribution in [-0.2, 0) is 11.3 Å². The average molecular weight is 284 g/mol. The molecule has 1 aromatic heterocycles. The molecule has 0 saturated heterocycles. The van der Waals surface area contributed by atoms with Gasteiger partial charge in [-0.3, -0.25) is 4.79 Å². The Morgan fingerprint density at radius 1 is 1.10 bits per heavy atom. The maximum atomic E-state index is 12.2. The Kier molecular flexibility index (Phi) is 4.58. The minimum Gasteiger partial charge on any atom is -0.377 e. The summed E-state index contributed by atoms with van der Waals surface area (Å²) in [5, 5.41) is 2.99. The maximum Gasteiger partial charge on any atom is 0.290 e. The van der Waals surface area contributed by atoms with Crippen LogP contribution in [-0.4, -0.2) is 20.0 Å². The summed E-state index contributed by atoms with van der Waals surface area (Å²) in [5.41, 5.74) is 4.18. The summed E-state index contributed by atoms with van der Waals surface area (Å²) in [6, 6.07) is 9.98. The van der Waals surface area contributed by atoms with Gasteiger partial charge in [0, 0.05) is 37.6 Å². The lowest BCUT2D eigenvalue weighted by Crippen LogP contribution is -2.39. The minimum atomic E-state index is -0.0185. The number of amides is 1. The SMILES string of the molecule is Cc1cccc(C)c1NC(=O)C[n+]1ccc(N(C)C)cc1. The van der Waals surface area contributed by atoms with Crippen molar-refractivity contribution >= 4 is 17.3 Å². The number of para-hydroxylation sites is 1. The Labute approximate surface area is 126 Å². The first kappa shape index (κ1) is 15.0. The van der Waals surface area contributed by atoms with Crippen LogP contribution in [0.4, 0.5) is 11.4 Å². The quantitative estimate of drug-likeness (QED) is 0.875. The normalized spacial score (nSPS) is 10.3. The number of carbonyl (C=O) groups excluding carboxylic acids is 1. The van der Waals surface area contributed by atoms with E-state index in [0.717, 1.165) is 22.5 Å². The number of aromatic nitrogens is 1. The number of anilines is 2. The zero-order chi connectivity index (χ0) is 15.4. The van der Waals surface area contributed by atoms with E-state index in [4.69, 9.17) is 0 Å². The van der Waals surface area contributed by atoms with Crippen molar-refractivity contribution < 1.29 is 9.36 Å². The summed E-state index contributed by atoms with van der Waals surface area (Å²) in [6.45, 7) is 4.31. The number of carbonyl (C=O) groups is 1. The van der Waals surface area contributed by atoms with E-state index >= 15 is 0 Å².